The van der Waals surface area contributed by atoms with Gasteiger partial charge >= 0.3 is 0 Å². The minimum absolute atomic E-state index is 0.177. The second-order valence-corrected chi connectivity index (χ2v) is 8.33. The number of rotatable bonds is 10. The van der Waals surface area contributed by atoms with Gasteiger partial charge in [0.25, 0.3) is 5.89 Å². The van der Waals surface area contributed by atoms with E-state index in [9.17, 15) is 9.18 Å². The zero-order valence-electron chi connectivity index (χ0n) is 20.0. The monoisotopic (exact) mass is 474 g/mol. The third-order valence-electron chi connectivity index (χ3n) is 5.58. The van der Waals surface area contributed by atoms with Crippen LogP contribution < -0.4 is 5.32 Å². The molecule has 2 aromatic carbocycles. The summed E-state index contributed by atoms with van der Waals surface area (Å²) in [6.07, 6.45) is 2.99. The molecule has 4 rings (SSSR count). The van der Waals surface area contributed by atoms with Gasteiger partial charge in [0.2, 0.25) is 5.82 Å². The molecule has 0 fully saturated rings. The summed E-state index contributed by atoms with van der Waals surface area (Å²) in [5, 5.41) is 7.38. The van der Waals surface area contributed by atoms with E-state index in [2.05, 4.69) is 20.4 Å². The number of Topliss-reactive ketones (excluding diaryl/α,β-unsaturated/α-hetero) is 1. The molecule has 0 saturated heterocycles. The smallest absolute Gasteiger partial charge is 0.258 e. The van der Waals surface area contributed by atoms with Crippen molar-refractivity contribution in [1.82, 2.24) is 15.1 Å². The highest BCUT2D eigenvalue weighted by Gasteiger charge is 2.16. The maximum absolute atomic E-state index is 14.4. The van der Waals surface area contributed by atoms with Crippen LogP contribution in [0, 0.1) is 12.7 Å². The maximum Gasteiger partial charge on any atom is 0.258 e. The molecular formula is C27H27FN4O3. The van der Waals surface area contributed by atoms with E-state index in [1.807, 2.05) is 31.2 Å². The summed E-state index contributed by atoms with van der Waals surface area (Å²) in [6.45, 7) is 4.52. The van der Waals surface area contributed by atoms with E-state index in [1.165, 1.54) is 6.07 Å². The molecule has 4 aromatic rings. The number of aromatic nitrogens is 3. The molecule has 0 bridgehead atoms. The summed E-state index contributed by atoms with van der Waals surface area (Å²) < 4.78 is 25.3. The lowest BCUT2D eigenvalue weighted by Crippen LogP contribution is -2.06. The number of benzene rings is 2. The first-order valence-corrected chi connectivity index (χ1v) is 11.4. The molecule has 0 unspecified atom stereocenters. The number of ether oxygens (including phenoxy) is 1. The number of aryl methyl sites for hydroxylation is 1. The quantitative estimate of drug-likeness (QED) is 0.289. The van der Waals surface area contributed by atoms with Crippen molar-refractivity contribution in [2.75, 3.05) is 19.0 Å². The molecule has 0 amide bonds. The summed E-state index contributed by atoms with van der Waals surface area (Å²) in [5.74, 6) is 1.41. The zero-order valence-corrected chi connectivity index (χ0v) is 20.0. The Morgan fingerprint density at radius 3 is 2.69 bits per heavy atom. The van der Waals surface area contributed by atoms with Crippen molar-refractivity contribution >= 4 is 11.6 Å². The number of anilines is 1. The maximum atomic E-state index is 14.4. The van der Waals surface area contributed by atoms with E-state index >= 15 is 0 Å². The Morgan fingerprint density at radius 1 is 1.11 bits per heavy atom. The van der Waals surface area contributed by atoms with Crippen molar-refractivity contribution in [3.05, 3.63) is 71.7 Å². The number of nitrogens with one attached hydrogen (secondary N) is 1. The highest BCUT2D eigenvalue weighted by molar-refractivity contribution is 5.75. The normalized spacial score (nSPS) is 11.0. The molecule has 2 aromatic heterocycles. The number of halogens is 1. The third-order valence-corrected chi connectivity index (χ3v) is 5.58. The summed E-state index contributed by atoms with van der Waals surface area (Å²) in [6, 6.07) is 14.1. The molecule has 0 radical (unpaired) electrons. The number of ketones is 1. The molecule has 0 aliphatic carbocycles. The molecule has 0 atom stereocenters. The molecule has 1 N–H and O–H groups in total. The number of pyridine rings is 1. The fraction of sp³-hybridized carbons (Fsp3) is 0.259. The number of carbonyl (C=O) groups is 1. The molecule has 7 nitrogen and oxygen atoms in total. The lowest BCUT2D eigenvalue weighted by atomic mass is 9.97. The van der Waals surface area contributed by atoms with Gasteiger partial charge in [0.1, 0.15) is 17.4 Å². The van der Waals surface area contributed by atoms with Crippen molar-refractivity contribution in [1.29, 1.82) is 0 Å². The Kier molecular flexibility index (Phi) is 7.62. The lowest BCUT2D eigenvalue weighted by molar-refractivity contribution is -0.117. The molecule has 180 valence electrons. The number of nitrogens with zero attached hydrogens (tertiary/aromatic N) is 3. The molecule has 0 spiro atoms. The van der Waals surface area contributed by atoms with Gasteiger partial charge in [-0.1, -0.05) is 29.4 Å². The predicted molar refractivity (Wildman–Crippen MR) is 132 cm³/mol. The third kappa shape index (κ3) is 5.78. The molecule has 8 heteroatoms. The minimum Gasteiger partial charge on any atom is -0.380 e. The van der Waals surface area contributed by atoms with E-state index < -0.39 is 0 Å². The second-order valence-electron chi connectivity index (χ2n) is 8.33. The number of hydrogen-bond acceptors (Lipinski definition) is 7. The van der Waals surface area contributed by atoms with Gasteiger partial charge in [-0.05, 0) is 61.2 Å². The van der Waals surface area contributed by atoms with Gasteiger partial charge in [-0.15, -0.1) is 0 Å². The van der Waals surface area contributed by atoms with E-state index in [-0.39, 0.29) is 11.6 Å². The number of carbonyl (C=O) groups excluding carboxylic acids is 1. The van der Waals surface area contributed by atoms with Crippen molar-refractivity contribution in [3.8, 4) is 34.0 Å². The van der Waals surface area contributed by atoms with Crippen LogP contribution in [0.2, 0.25) is 0 Å². The number of methoxy groups -OCH3 is 1. The van der Waals surface area contributed by atoms with Crippen LogP contribution in [-0.2, 0) is 16.1 Å². The Morgan fingerprint density at radius 2 is 1.94 bits per heavy atom. The van der Waals surface area contributed by atoms with Gasteiger partial charge in [-0.2, -0.15) is 4.98 Å². The lowest BCUT2D eigenvalue weighted by Gasteiger charge is -2.11. The summed E-state index contributed by atoms with van der Waals surface area (Å²) in [4.78, 5) is 20.1. The second kappa shape index (κ2) is 11.0. The van der Waals surface area contributed by atoms with Gasteiger partial charge in [-0.25, -0.2) is 9.37 Å². The largest absolute Gasteiger partial charge is 0.380 e. The van der Waals surface area contributed by atoms with E-state index in [0.29, 0.717) is 42.4 Å². The fourth-order valence-electron chi connectivity index (χ4n) is 3.83. The summed E-state index contributed by atoms with van der Waals surface area (Å²) in [7, 11) is 1.60. The first-order valence-electron chi connectivity index (χ1n) is 11.4. The molecular weight excluding hydrogens is 447 g/mol. The number of hydrogen-bond donors (Lipinski definition) is 1. The van der Waals surface area contributed by atoms with Crippen LogP contribution in [-0.4, -0.2) is 34.6 Å². The van der Waals surface area contributed by atoms with Crippen LogP contribution in [0.3, 0.4) is 0 Å². The Hall–Kier alpha value is -3.91. The predicted octanol–water partition coefficient (Wildman–Crippen LogP) is 5.84. The Labute approximate surface area is 203 Å². The van der Waals surface area contributed by atoms with Crippen molar-refractivity contribution < 1.29 is 18.4 Å². The van der Waals surface area contributed by atoms with Gasteiger partial charge in [0.15, 0.2) is 0 Å². The van der Waals surface area contributed by atoms with E-state index in [0.717, 1.165) is 34.5 Å². The summed E-state index contributed by atoms with van der Waals surface area (Å²) in [5.41, 5.74) is 4.45. The first-order chi connectivity index (χ1) is 17.0. The Bertz CT molecular complexity index is 1340. The molecule has 0 aliphatic heterocycles. The Balaban J connectivity index is 1.55. The highest BCUT2D eigenvalue weighted by atomic mass is 19.1. The molecule has 0 saturated carbocycles. The first kappa shape index (κ1) is 24.2. The minimum atomic E-state index is -0.294. The SMILES string of the molecule is COCc1cc(-c2nc(-c3cnc(NCCCC(C)=O)c(C)c3)no2)ccc1-c1ccccc1F. The summed E-state index contributed by atoms with van der Waals surface area (Å²) >= 11 is 0. The van der Waals surface area contributed by atoms with Gasteiger partial charge in [0.05, 0.1) is 6.61 Å². The van der Waals surface area contributed by atoms with Crippen LogP contribution in [0.4, 0.5) is 10.2 Å². The average Bonchev–Trinajstić information content (AvgIpc) is 3.34. The fourth-order valence-corrected chi connectivity index (χ4v) is 3.83. The molecule has 35 heavy (non-hydrogen) atoms. The van der Waals surface area contributed by atoms with Crippen LogP contribution in [0.1, 0.15) is 30.9 Å². The van der Waals surface area contributed by atoms with Crippen LogP contribution >= 0.6 is 0 Å². The van der Waals surface area contributed by atoms with Crippen LogP contribution in [0.5, 0.6) is 0 Å². The van der Waals surface area contributed by atoms with Gasteiger partial charge in [0, 0.05) is 43.0 Å². The van der Waals surface area contributed by atoms with Crippen LogP contribution in [0.15, 0.2) is 59.3 Å². The van der Waals surface area contributed by atoms with E-state index in [1.54, 1.807) is 38.4 Å². The molecule has 0 aliphatic rings. The van der Waals surface area contributed by atoms with Gasteiger partial charge < -0.3 is 19.4 Å². The van der Waals surface area contributed by atoms with Crippen LogP contribution in [0.25, 0.3) is 34.0 Å². The zero-order chi connectivity index (χ0) is 24.8. The van der Waals surface area contributed by atoms with Crippen molar-refractivity contribution in [2.45, 2.75) is 33.3 Å². The van der Waals surface area contributed by atoms with Gasteiger partial charge in [-0.3, -0.25) is 0 Å². The highest BCUT2D eigenvalue weighted by Crippen LogP contribution is 2.31. The molecule has 2 heterocycles. The standard InChI is InChI=1S/C27H27FN4O3/c1-17-13-20(15-30-25(17)29-12-6-7-18(2)33)26-31-27(35-32-26)19-10-11-22(21(14-19)16-34-3)23-8-4-5-9-24(23)28/h4-5,8-11,13-15H,6-7,12,16H2,1-3H3,(H,29,30). The van der Waals surface area contributed by atoms with Crippen molar-refractivity contribution in [2.24, 2.45) is 0 Å². The average molecular weight is 475 g/mol. The van der Waals surface area contributed by atoms with E-state index in [4.69, 9.17) is 9.26 Å². The van der Waals surface area contributed by atoms with Crippen molar-refractivity contribution in [3.63, 3.8) is 0 Å². The topological polar surface area (TPSA) is 90.1 Å².